The maximum Gasteiger partial charge on any atom is 0.309 e. The molecule has 0 saturated carbocycles. The number of hydrogen-bond donors (Lipinski definition) is 2. The summed E-state index contributed by atoms with van der Waals surface area (Å²) in [5.74, 6) is -0.438. The maximum atomic E-state index is 11.0. The highest BCUT2D eigenvalue weighted by molar-refractivity contribution is 5.73. The summed E-state index contributed by atoms with van der Waals surface area (Å²) >= 11 is 0. The minimum absolute atomic E-state index is 0.212. The van der Waals surface area contributed by atoms with Gasteiger partial charge in [0.2, 0.25) is 0 Å². The fourth-order valence-corrected chi connectivity index (χ4v) is 1.79. The fourth-order valence-electron chi connectivity index (χ4n) is 1.79. The minimum Gasteiger partial charge on any atom is -0.481 e. The van der Waals surface area contributed by atoms with Gasteiger partial charge in [0.05, 0.1) is 11.5 Å². The first-order valence-electron chi connectivity index (χ1n) is 6.25. The zero-order chi connectivity index (χ0) is 13.9. The van der Waals surface area contributed by atoms with Crippen LogP contribution in [0.3, 0.4) is 0 Å². The van der Waals surface area contributed by atoms with E-state index in [0.29, 0.717) is 5.92 Å². The van der Waals surface area contributed by atoms with E-state index in [-0.39, 0.29) is 6.42 Å². The van der Waals surface area contributed by atoms with Crippen LogP contribution in [0.25, 0.3) is 0 Å². The highest BCUT2D eigenvalue weighted by Gasteiger charge is 2.30. The van der Waals surface area contributed by atoms with Gasteiger partial charge in [-0.15, -0.1) is 0 Å². The Hall–Kier alpha value is -1.35. The van der Waals surface area contributed by atoms with E-state index in [2.05, 4.69) is 13.8 Å². The van der Waals surface area contributed by atoms with E-state index in [1.165, 1.54) is 5.56 Å². The van der Waals surface area contributed by atoms with E-state index in [4.69, 9.17) is 5.11 Å². The van der Waals surface area contributed by atoms with E-state index in [1.54, 1.807) is 13.8 Å². The van der Waals surface area contributed by atoms with Crippen molar-refractivity contribution in [2.24, 2.45) is 5.41 Å². The monoisotopic (exact) mass is 250 g/mol. The number of rotatable bonds is 5. The minimum atomic E-state index is -0.920. The maximum absolute atomic E-state index is 11.0. The van der Waals surface area contributed by atoms with Gasteiger partial charge in [0.25, 0.3) is 0 Å². The summed E-state index contributed by atoms with van der Waals surface area (Å²) in [6.07, 6.45) is -0.527. The van der Waals surface area contributed by atoms with E-state index in [9.17, 15) is 9.90 Å². The molecule has 0 bridgehead atoms. The molecule has 0 fully saturated rings. The Balaban J connectivity index is 2.79. The summed E-state index contributed by atoms with van der Waals surface area (Å²) in [6, 6.07) is 7.71. The molecule has 18 heavy (non-hydrogen) atoms. The van der Waals surface area contributed by atoms with Gasteiger partial charge < -0.3 is 10.2 Å². The molecule has 1 aromatic rings. The van der Waals surface area contributed by atoms with Crippen molar-refractivity contribution in [2.75, 3.05) is 0 Å². The lowest BCUT2D eigenvalue weighted by atomic mass is 9.84. The molecule has 0 spiro atoms. The topological polar surface area (TPSA) is 57.5 Å². The van der Waals surface area contributed by atoms with Gasteiger partial charge in [0.1, 0.15) is 0 Å². The van der Waals surface area contributed by atoms with Crippen LogP contribution in [0.1, 0.15) is 57.3 Å². The third-order valence-electron chi connectivity index (χ3n) is 3.27. The van der Waals surface area contributed by atoms with Crippen LogP contribution in [0.15, 0.2) is 24.3 Å². The standard InChI is InChI=1S/C15H22O3/c1-10(2)11-5-7-12(8-6-11)13(16)9-15(3,4)14(17)18/h5-8,10,13,16H,9H2,1-4H3,(H,17,18). The van der Waals surface area contributed by atoms with Gasteiger partial charge in [-0.3, -0.25) is 4.79 Å². The van der Waals surface area contributed by atoms with Gasteiger partial charge in [0.15, 0.2) is 0 Å². The lowest BCUT2D eigenvalue weighted by Crippen LogP contribution is -2.26. The molecule has 0 aliphatic heterocycles. The Morgan fingerprint density at radius 1 is 1.17 bits per heavy atom. The van der Waals surface area contributed by atoms with Gasteiger partial charge in [-0.1, -0.05) is 38.1 Å². The van der Waals surface area contributed by atoms with Crippen molar-refractivity contribution in [2.45, 2.75) is 46.1 Å². The van der Waals surface area contributed by atoms with Crippen LogP contribution >= 0.6 is 0 Å². The number of benzene rings is 1. The molecule has 0 saturated heterocycles. The normalized spacial score (nSPS) is 13.7. The molecule has 1 atom stereocenters. The fraction of sp³-hybridized carbons (Fsp3) is 0.533. The first kappa shape index (κ1) is 14.7. The molecular formula is C15H22O3. The molecule has 3 heteroatoms. The molecule has 0 aliphatic rings. The number of carboxylic acids is 1. The van der Waals surface area contributed by atoms with Crippen molar-refractivity contribution in [3.05, 3.63) is 35.4 Å². The molecule has 3 nitrogen and oxygen atoms in total. The summed E-state index contributed by atoms with van der Waals surface area (Å²) in [7, 11) is 0. The van der Waals surface area contributed by atoms with Crippen molar-refractivity contribution < 1.29 is 15.0 Å². The molecule has 0 aliphatic carbocycles. The number of aliphatic carboxylic acids is 1. The van der Waals surface area contributed by atoms with Crippen molar-refractivity contribution in [1.82, 2.24) is 0 Å². The van der Waals surface area contributed by atoms with E-state index in [0.717, 1.165) is 5.56 Å². The molecule has 0 amide bonds. The Labute approximate surface area is 108 Å². The summed E-state index contributed by atoms with van der Waals surface area (Å²) < 4.78 is 0. The predicted octanol–water partition coefficient (Wildman–Crippen LogP) is 3.34. The number of aliphatic hydroxyl groups excluding tert-OH is 1. The molecule has 100 valence electrons. The smallest absolute Gasteiger partial charge is 0.309 e. The van der Waals surface area contributed by atoms with E-state index in [1.807, 2.05) is 24.3 Å². The first-order valence-corrected chi connectivity index (χ1v) is 6.25. The van der Waals surface area contributed by atoms with Crippen molar-refractivity contribution >= 4 is 5.97 Å². The van der Waals surface area contributed by atoms with Crippen LogP contribution in [0.4, 0.5) is 0 Å². The van der Waals surface area contributed by atoms with Gasteiger partial charge in [-0.05, 0) is 37.3 Å². The summed E-state index contributed by atoms with van der Waals surface area (Å²) in [4.78, 5) is 11.0. The number of hydrogen-bond acceptors (Lipinski definition) is 2. The number of carbonyl (C=O) groups is 1. The molecule has 1 aromatic carbocycles. The molecule has 1 rings (SSSR count). The molecule has 1 unspecified atom stereocenters. The second kappa shape index (κ2) is 5.53. The second-order valence-electron chi connectivity index (χ2n) is 5.73. The first-order chi connectivity index (χ1) is 8.24. The molecule has 0 aromatic heterocycles. The molecule has 0 heterocycles. The van der Waals surface area contributed by atoms with Crippen LogP contribution < -0.4 is 0 Å². The average Bonchev–Trinajstić information content (AvgIpc) is 2.28. The lowest BCUT2D eigenvalue weighted by Gasteiger charge is -2.23. The van der Waals surface area contributed by atoms with Gasteiger partial charge >= 0.3 is 5.97 Å². The number of aliphatic hydroxyl groups is 1. The van der Waals surface area contributed by atoms with Crippen molar-refractivity contribution in [3.8, 4) is 0 Å². The summed E-state index contributed by atoms with van der Waals surface area (Å²) in [5, 5.41) is 19.1. The Morgan fingerprint density at radius 2 is 1.61 bits per heavy atom. The summed E-state index contributed by atoms with van der Waals surface area (Å²) in [5.41, 5.74) is 1.06. The Morgan fingerprint density at radius 3 is 2.00 bits per heavy atom. The van der Waals surface area contributed by atoms with Crippen LogP contribution in [-0.2, 0) is 4.79 Å². The third kappa shape index (κ3) is 3.57. The lowest BCUT2D eigenvalue weighted by molar-refractivity contribution is -0.148. The third-order valence-corrected chi connectivity index (χ3v) is 3.27. The van der Waals surface area contributed by atoms with Crippen molar-refractivity contribution in [1.29, 1.82) is 0 Å². The highest BCUT2D eigenvalue weighted by Crippen LogP contribution is 2.30. The van der Waals surface area contributed by atoms with Crippen LogP contribution in [-0.4, -0.2) is 16.2 Å². The second-order valence-corrected chi connectivity index (χ2v) is 5.73. The highest BCUT2D eigenvalue weighted by atomic mass is 16.4. The Bertz CT molecular complexity index is 404. The van der Waals surface area contributed by atoms with Crippen LogP contribution in [0, 0.1) is 5.41 Å². The molecule has 2 N–H and O–H groups in total. The zero-order valence-corrected chi connectivity index (χ0v) is 11.5. The summed E-state index contributed by atoms with van der Waals surface area (Å²) in [6.45, 7) is 7.47. The van der Waals surface area contributed by atoms with Crippen LogP contribution in [0.2, 0.25) is 0 Å². The van der Waals surface area contributed by atoms with E-state index >= 15 is 0 Å². The van der Waals surface area contributed by atoms with Crippen molar-refractivity contribution in [3.63, 3.8) is 0 Å². The molecular weight excluding hydrogens is 228 g/mol. The SMILES string of the molecule is CC(C)c1ccc(C(O)CC(C)(C)C(=O)O)cc1. The number of carboxylic acid groups (broad SMARTS) is 1. The van der Waals surface area contributed by atoms with Gasteiger partial charge in [0, 0.05) is 0 Å². The zero-order valence-electron chi connectivity index (χ0n) is 11.5. The van der Waals surface area contributed by atoms with Gasteiger partial charge in [-0.25, -0.2) is 0 Å². The quantitative estimate of drug-likeness (QED) is 0.842. The van der Waals surface area contributed by atoms with Gasteiger partial charge in [-0.2, -0.15) is 0 Å². The van der Waals surface area contributed by atoms with E-state index < -0.39 is 17.5 Å². The average molecular weight is 250 g/mol. The molecule has 0 radical (unpaired) electrons. The Kier molecular flexibility index (Phi) is 4.52. The predicted molar refractivity (Wildman–Crippen MR) is 71.5 cm³/mol. The largest absolute Gasteiger partial charge is 0.481 e. The van der Waals surface area contributed by atoms with Crippen LogP contribution in [0.5, 0.6) is 0 Å².